The van der Waals surface area contributed by atoms with Crippen molar-refractivity contribution in [1.82, 2.24) is 10.2 Å². The fourth-order valence-corrected chi connectivity index (χ4v) is 3.70. The van der Waals surface area contributed by atoms with Crippen LogP contribution in [0.3, 0.4) is 0 Å². The number of nitrogens with zero attached hydrogens (tertiary/aromatic N) is 1. The van der Waals surface area contributed by atoms with Crippen LogP contribution in [-0.4, -0.2) is 45.8 Å². The second-order valence-corrected chi connectivity index (χ2v) is 8.11. The highest BCUT2D eigenvalue weighted by Gasteiger charge is 2.39. The lowest BCUT2D eigenvalue weighted by Crippen LogP contribution is -2.46. The van der Waals surface area contributed by atoms with Gasteiger partial charge >= 0.3 is 0 Å². The van der Waals surface area contributed by atoms with E-state index >= 15 is 0 Å². The maximum Gasteiger partial charge on any atom is 0.242 e. The molecule has 1 fully saturated rings. The maximum atomic E-state index is 12.3. The molecule has 1 rings (SSSR count). The van der Waals surface area contributed by atoms with Crippen molar-refractivity contribution in [2.75, 3.05) is 12.3 Å². The van der Waals surface area contributed by atoms with Crippen LogP contribution in [0.15, 0.2) is 0 Å². The fourth-order valence-electron chi connectivity index (χ4n) is 2.47. The van der Waals surface area contributed by atoms with Gasteiger partial charge in [-0.1, -0.05) is 27.7 Å². The molecule has 0 spiro atoms. The van der Waals surface area contributed by atoms with Gasteiger partial charge in [-0.05, 0) is 19.8 Å². The summed E-state index contributed by atoms with van der Waals surface area (Å²) in [5.41, 5.74) is -0.0341. The third-order valence-corrected chi connectivity index (χ3v) is 4.73. The zero-order chi connectivity index (χ0) is 15.5. The number of hydrogen-bond donors (Lipinski definition) is 1. The Morgan fingerprint density at radius 1 is 1.30 bits per heavy atom. The molecule has 1 aliphatic heterocycles. The van der Waals surface area contributed by atoms with Gasteiger partial charge < -0.3 is 5.32 Å². The molecular weight excluding hydrogens is 272 g/mol. The lowest BCUT2D eigenvalue weighted by atomic mass is 10.1. The minimum Gasteiger partial charge on any atom is -0.309 e. The van der Waals surface area contributed by atoms with Crippen molar-refractivity contribution < 1.29 is 9.59 Å². The quantitative estimate of drug-likeness (QED) is 0.733. The average molecular weight is 300 g/mol. The summed E-state index contributed by atoms with van der Waals surface area (Å²) in [6.07, 6.45) is 0.355. The summed E-state index contributed by atoms with van der Waals surface area (Å²) in [7, 11) is 0. The summed E-state index contributed by atoms with van der Waals surface area (Å²) in [5.74, 6) is 1.13. The Morgan fingerprint density at radius 2 is 1.90 bits per heavy atom. The molecule has 1 N–H and O–H groups in total. The molecule has 2 amide bonds. The number of carbonyl (C=O) groups excluding carboxylic acids is 2. The Bertz CT molecular complexity index is 367. The Balaban J connectivity index is 2.54. The van der Waals surface area contributed by atoms with E-state index in [0.717, 1.165) is 5.75 Å². The van der Waals surface area contributed by atoms with E-state index in [1.165, 1.54) is 4.90 Å². The third kappa shape index (κ3) is 5.09. The summed E-state index contributed by atoms with van der Waals surface area (Å²) in [6.45, 7) is 13.1. The van der Waals surface area contributed by atoms with E-state index in [1.807, 2.05) is 13.8 Å². The van der Waals surface area contributed by atoms with E-state index in [4.69, 9.17) is 0 Å². The Hall–Kier alpha value is -0.550. The maximum absolute atomic E-state index is 12.3. The van der Waals surface area contributed by atoms with Gasteiger partial charge in [-0.15, -0.1) is 11.8 Å². The molecule has 0 saturated carbocycles. The molecule has 1 saturated heterocycles. The minimum absolute atomic E-state index is 0.00551. The number of likely N-dealkylation sites (tertiary alicyclic amines) is 1. The van der Waals surface area contributed by atoms with Gasteiger partial charge in [0.2, 0.25) is 11.8 Å². The van der Waals surface area contributed by atoms with E-state index in [2.05, 4.69) is 33.0 Å². The number of amides is 2. The van der Waals surface area contributed by atoms with Crippen LogP contribution in [0.1, 0.15) is 48.0 Å². The van der Waals surface area contributed by atoms with Crippen molar-refractivity contribution in [2.24, 2.45) is 5.92 Å². The van der Waals surface area contributed by atoms with Gasteiger partial charge in [0.25, 0.3) is 0 Å². The van der Waals surface area contributed by atoms with E-state index in [0.29, 0.717) is 24.9 Å². The smallest absolute Gasteiger partial charge is 0.242 e. The van der Waals surface area contributed by atoms with Crippen LogP contribution in [-0.2, 0) is 9.59 Å². The van der Waals surface area contributed by atoms with Crippen molar-refractivity contribution in [1.29, 1.82) is 0 Å². The van der Waals surface area contributed by atoms with Crippen LogP contribution < -0.4 is 5.32 Å². The molecule has 4 nitrogen and oxygen atoms in total. The highest BCUT2D eigenvalue weighted by molar-refractivity contribution is 8.00. The van der Waals surface area contributed by atoms with Crippen molar-refractivity contribution in [3.63, 3.8) is 0 Å². The first kappa shape index (κ1) is 17.5. The Labute approximate surface area is 127 Å². The van der Waals surface area contributed by atoms with Crippen LogP contribution in [0.4, 0.5) is 0 Å². The first-order valence-electron chi connectivity index (χ1n) is 7.36. The monoisotopic (exact) mass is 300 g/mol. The largest absolute Gasteiger partial charge is 0.309 e. The average Bonchev–Trinajstić information content (AvgIpc) is 2.52. The van der Waals surface area contributed by atoms with Crippen LogP contribution >= 0.6 is 11.8 Å². The SMILES string of the molecule is CC(C)CN1C(=O)CC(SCC(C)(C)NC(C)C)C1=O. The molecule has 0 aromatic heterocycles. The summed E-state index contributed by atoms with van der Waals surface area (Å²) < 4.78 is 0. The standard InChI is InChI=1S/C15H28N2O2S/c1-10(2)8-17-13(18)7-12(14(17)19)20-9-15(5,6)16-11(3)4/h10-12,16H,7-9H2,1-6H3. The number of thioether (sulfide) groups is 1. The topological polar surface area (TPSA) is 49.4 Å². The molecular formula is C15H28N2O2S. The van der Waals surface area contributed by atoms with Gasteiger partial charge in [-0.3, -0.25) is 14.5 Å². The van der Waals surface area contributed by atoms with Gasteiger partial charge in [0.1, 0.15) is 0 Å². The van der Waals surface area contributed by atoms with Gasteiger partial charge in [-0.2, -0.15) is 0 Å². The van der Waals surface area contributed by atoms with Crippen LogP contribution in [0.5, 0.6) is 0 Å². The zero-order valence-electron chi connectivity index (χ0n) is 13.5. The van der Waals surface area contributed by atoms with E-state index in [1.54, 1.807) is 11.8 Å². The van der Waals surface area contributed by atoms with Crippen molar-refractivity contribution in [3.05, 3.63) is 0 Å². The van der Waals surface area contributed by atoms with E-state index in [9.17, 15) is 9.59 Å². The van der Waals surface area contributed by atoms with Gasteiger partial charge in [-0.25, -0.2) is 0 Å². The van der Waals surface area contributed by atoms with E-state index < -0.39 is 0 Å². The van der Waals surface area contributed by atoms with Crippen molar-refractivity contribution in [3.8, 4) is 0 Å². The summed E-state index contributed by atoms with van der Waals surface area (Å²) >= 11 is 1.60. The van der Waals surface area contributed by atoms with E-state index in [-0.39, 0.29) is 22.6 Å². The number of rotatable bonds is 7. The third-order valence-electron chi connectivity index (χ3n) is 3.08. The highest BCUT2D eigenvalue weighted by Crippen LogP contribution is 2.28. The number of imide groups is 1. The summed E-state index contributed by atoms with van der Waals surface area (Å²) in [4.78, 5) is 25.6. The lowest BCUT2D eigenvalue weighted by molar-refractivity contribution is -0.138. The van der Waals surface area contributed by atoms with Crippen LogP contribution in [0.2, 0.25) is 0 Å². The number of carbonyl (C=O) groups is 2. The molecule has 0 radical (unpaired) electrons. The molecule has 1 unspecified atom stereocenters. The molecule has 0 aromatic carbocycles. The predicted molar refractivity (Wildman–Crippen MR) is 84.8 cm³/mol. The molecule has 0 aliphatic carbocycles. The van der Waals surface area contributed by atoms with Gasteiger partial charge in [0, 0.05) is 30.3 Å². The molecule has 0 bridgehead atoms. The lowest BCUT2D eigenvalue weighted by Gasteiger charge is -2.29. The number of hydrogen-bond acceptors (Lipinski definition) is 4. The van der Waals surface area contributed by atoms with Gasteiger partial charge in [0.05, 0.1) is 5.25 Å². The molecule has 116 valence electrons. The molecule has 1 heterocycles. The summed E-state index contributed by atoms with van der Waals surface area (Å²) in [6, 6.07) is 0.406. The predicted octanol–water partition coefficient (Wildman–Crippen LogP) is 2.28. The Kier molecular flexibility index (Phi) is 6.07. The van der Waals surface area contributed by atoms with Gasteiger partial charge in [0.15, 0.2) is 0 Å². The minimum atomic E-state index is -0.200. The van der Waals surface area contributed by atoms with Crippen LogP contribution in [0.25, 0.3) is 0 Å². The fraction of sp³-hybridized carbons (Fsp3) is 0.867. The normalized spacial score (nSPS) is 20.6. The first-order valence-corrected chi connectivity index (χ1v) is 8.41. The second kappa shape index (κ2) is 6.94. The Morgan fingerprint density at radius 3 is 2.40 bits per heavy atom. The van der Waals surface area contributed by atoms with Crippen molar-refractivity contribution in [2.45, 2.75) is 64.8 Å². The first-order chi connectivity index (χ1) is 9.12. The van der Waals surface area contributed by atoms with Crippen LogP contribution in [0, 0.1) is 5.92 Å². The number of nitrogens with one attached hydrogen (secondary N) is 1. The zero-order valence-corrected chi connectivity index (χ0v) is 14.3. The highest BCUT2D eigenvalue weighted by atomic mass is 32.2. The summed E-state index contributed by atoms with van der Waals surface area (Å²) in [5, 5.41) is 3.28. The molecule has 1 aliphatic rings. The molecule has 20 heavy (non-hydrogen) atoms. The molecule has 5 heteroatoms. The molecule has 1 atom stereocenters. The van der Waals surface area contributed by atoms with Crippen molar-refractivity contribution >= 4 is 23.6 Å². The second-order valence-electron chi connectivity index (χ2n) is 6.92. The molecule has 0 aromatic rings.